The number of aryl methyl sites for hydroxylation is 1. The number of rotatable bonds is 3. The summed E-state index contributed by atoms with van der Waals surface area (Å²) in [6, 6.07) is 11.3. The fourth-order valence-corrected chi connectivity index (χ4v) is 2.24. The van der Waals surface area contributed by atoms with E-state index in [0.717, 1.165) is 5.76 Å². The zero-order valence-corrected chi connectivity index (χ0v) is 12.3. The molecule has 2 heterocycles. The maximum atomic E-state index is 12.2. The molecule has 0 bridgehead atoms. The molecule has 3 aromatic rings. The van der Waals surface area contributed by atoms with Crippen LogP contribution in [0.2, 0.25) is 0 Å². The van der Waals surface area contributed by atoms with Crippen LogP contribution in [0.4, 0.5) is 0 Å². The van der Waals surface area contributed by atoms with Gasteiger partial charge >= 0.3 is 0 Å². The predicted molar refractivity (Wildman–Crippen MR) is 81.8 cm³/mol. The lowest BCUT2D eigenvalue weighted by molar-refractivity contribution is 0.0907. The van der Waals surface area contributed by atoms with Gasteiger partial charge in [0.1, 0.15) is 17.1 Å². The summed E-state index contributed by atoms with van der Waals surface area (Å²) in [4.78, 5) is 24.3. The Hall–Kier alpha value is -2.82. The number of furan rings is 1. The Bertz CT molecular complexity index is 891. The van der Waals surface area contributed by atoms with Crippen molar-refractivity contribution in [1.82, 2.24) is 5.32 Å². The smallest absolute Gasteiger partial charge is 0.287 e. The minimum Gasteiger partial charge on any atom is -0.464 e. The first-order valence-corrected chi connectivity index (χ1v) is 6.94. The van der Waals surface area contributed by atoms with E-state index < -0.39 is 5.91 Å². The number of para-hydroxylation sites is 1. The Morgan fingerprint density at radius 2 is 1.91 bits per heavy atom. The van der Waals surface area contributed by atoms with Crippen LogP contribution in [0, 0.1) is 6.92 Å². The van der Waals surface area contributed by atoms with Crippen molar-refractivity contribution in [2.75, 3.05) is 0 Å². The maximum Gasteiger partial charge on any atom is 0.287 e. The van der Waals surface area contributed by atoms with Crippen molar-refractivity contribution in [3.05, 3.63) is 70.0 Å². The van der Waals surface area contributed by atoms with E-state index in [9.17, 15) is 9.59 Å². The molecule has 2 aromatic heterocycles. The largest absolute Gasteiger partial charge is 0.464 e. The van der Waals surface area contributed by atoms with Gasteiger partial charge in [-0.3, -0.25) is 9.59 Å². The molecule has 0 saturated heterocycles. The van der Waals surface area contributed by atoms with E-state index in [-0.39, 0.29) is 17.2 Å². The van der Waals surface area contributed by atoms with Gasteiger partial charge in [-0.25, -0.2) is 0 Å². The van der Waals surface area contributed by atoms with Crippen LogP contribution in [0.15, 0.2) is 56.1 Å². The molecule has 1 N–H and O–H groups in total. The molecule has 0 fully saturated rings. The van der Waals surface area contributed by atoms with E-state index in [2.05, 4.69) is 5.32 Å². The number of hydrogen-bond acceptors (Lipinski definition) is 4. The zero-order valence-electron chi connectivity index (χ0n) is 12.3. The minimum absolute atomic E-state index is 0.0150. The standard InChI is InChI=1S/C17H15NO4/c1-10-7-8-14(21-10)11(2)18-17(20)16-9-13(19)12-5-3-4-6-15(12)22-16/h3-9,11H,1-2H3,(H,18,20)/t11-/m0/s1. The normalized spacial score (nSPS) is 12.3. The molecular weight excluding hydrogens is 282 g/mol. The molecule has 0 saturated carbocycles. The average Bonchev–Trinajstić information content (AvgIpc) is 2.94. The van der Waals surface area contributed by atoms with Crippen LogP contribution in [-0.4, -0.2) is 5.91 Å². The van der Waals surface area contributed by atoms with E-state index in [0.29, 0.717) is 16.7 Å². The van der Waals surface area contributed by atoms with E-state index in [4.69, 9.17) is 8.83 Å². The van der Waals surface area contributed by atoms with E-state index in [1.54, 1.807) is 37.3 Å². The summed E-state index contributed by atoms with van der Waals surface area (Å²) in [6.07, 6.45) is 0. The third kappa shape index (κ3) is 2.65. The number of fused-ring (bicyclic) bond motifs is 1. The van der Waals surface area contributed by atoms with E-state index in [1.165, 1.54) is 6.07 Å². The number of carbonyl (C=O) groups excluding carboxylic acids is 1. The maximum absolute atomic E-state index is 12.2. The van der Waals surface area contributed by atoms with Gasteiger partial charge in [0.25, 0.3) is 5.91 Å². The molecule has 0 spiro atoms. The predicted octanol–water partition coefficient (Wildman–Crippen LogP) is 3.19. The first kappa shape index (κ1) is 14.1. The zero-order chi connectivity index (χ0) is 15.7. The van der Waals surface area contributed by atoms with Crippen molar-refractivity contribution >= 4 is 16.9 Å². The van der Waals surface area contributed by atoms with Gasteiger partial charge in [-0.15, -0.1) is 0 Å². The highest BCUT2D eigenvalue weighted by molar-refractivity contribution is 5.93. The summed E-state index contributed by atoms with van der Waals surface area (Å²) in [5.41, 5.74) is 0.148. The molecule has 1 atom stereocenters. The SMILES string of the molecule is Cc1ccc([C@H](C)NC(=O)c2cc(=O)c3ccccc3o2)o1. The molecule has 5 nitrogen and oxygen atoms in total. The third-order valence-corrected chi connectivity index (χ3v) is 3.39. The number of carbonyl (C=O) groups is 1. The van der Waals surface area contributed by atoms with Gasteiger partial charge in [0.15, 0.2) is 11.2 Å². The van der Waals surface area contributed by atoms with Gasteiger partial charge in [0, 0.05) is 6.07 Å². The number of amides is 1. The van der Waals surface area contributed by atoms with Gasteiger partial charge in [-0.05, 0) is 38.1 Å². The Morgan fingerprint density at radius 3 is 2.64 bits per heavy atom. The van der Waals surface area contributed by atoms with Crippen LogP contribution < -0.4 is 10.7 Å². The van der Waals surface area contributed by atoms with Crippen molar-refractivity contribution in [2.45, 2.75) is 19.9 Å². The quantitative estimate of drug-likeness (QED) is 0.806. The van der Waals surface area contributed by atoms with Gasteiger partial charge in [-0.2, -0.15) is 0 Å². The fourth-order valence-electron chi connectivity index (χ4n) is 2.24. The summed E-state index contributed by atoms with van der Waals surface area (Å²) >= 11 is 0. The molecule has 3 rings (SSSR count). The van der Waals surface area contributed by atoms with Crippen molar-refractivity contribution in [1.29, 1.82) is 0 Å². The lowest BCUT2D eigenvalue weighted by atomic mass is 10.2. The highest BCUT2D eigenvalue weighted by Gasteiger charge is 2.17. The highest BCUT2D eigenvalue weighted by atomic mass is 16.3. The van der Waals surface area contributed by atoms with Gasteiger partial charge in [0.05, 0.1) is 11.4 Å². The molecule has 0 aliphatic carbocycles. The lowest BCUT2D eigenvalue weighted by Crippen LogP contribution is -2.27. The van der Waals surface area contributed by atoms with Crippen molar-refractivity contribution in [3.8, 4) is 0 Å². The summed E-state index contributed by atoms with van der Waals surface area (Å²) in [5, 5.41) is 3.20. The minimum atomic E-state index is -0.454. The van der Waals surface area contributed by atoms with Crippen LogP contribution in [0.3, 0.4) is 0 Å². The second-order valence-corrected chi connectivity index (χ2v) is 5.11. The number of nitrogens with one attached hydrogen (secondary N) is 1. The molecule has 0 radical (unpaired) electrons. The number of benzene rings is 1. The van der Waals surface area contributed by atoms with Crippen LogP contribution in [-0.2, 0) is 0 Å². The van der Waals surface area contributed by atoms with Gasteiger partial charge < -0.3 is 14.2 Å². The summed E-state index contributed by atoms with van der Waals surface area (Å²) in [6.45, 7) is 3.63. The van der Waals surface area contributed by atoms with Crippen LogP contribution in [0.5, 0.6) is 0 Å². The first-order chi connectivity index (χ1) is 10.5. The Labute approximate surface area is 126 Å². The van der Waals surface area contributed by atoms with Gasteiger partial charge in [0.2, 0.25) is 0 Å². The Balaban J connectivity index is 1.87. The second kappa shape index (κ2) is 5.52. The Kier molecular flexibility index (Phi) is 3.55. The molecule has 0 unspecified atom stereocenters. The van der Waals surface area contributed by atoms with Crippen LogP contribution in [0.1, 0.15) is 35.0 Å². The fraction of sp³-hybridized carbons (Fsp3) is 0.176. The van der Waals surface area contributed by atoms with Crippen molar-refractivity contribution in [2.24, 2.45) is 0 Å². The van der Waals surface area contributed by atoms with E-state index in [1.807, 2.05) is 13.0 Å². The third-order valence-electron chi connectivity index (χ3n) is 3.39. The Morgan fingerprint density at radius 1 is 1.14 bits per heavy atom. The summed E-state index contributed by atoms with van der Waals surface area (Å²) in [7, 11) is 0. The number of hydrogen-bond donors (Lipinski definition) is 1. The molecule has 0 aliphatic rings. The van der Waals surface area contributed by atoms with Gasteiger partial charge in [-0.1, -0.05) is 12.1 Å². The second-order valence-electron chi connectivity index (χ2n) is 5.11. The average molecular weight is 297 g/mol. The molecule has 1 amide bonds. The molecule has 22 heavy (non-hydrogen) atoms. The van der Waals surface area contributed by atoms with Crippen molar-refractivity contribution in [3.63, 3.8) is 0 Å². The molecular formula is C17H15NO4. The van der Waals surface area contributed by atoms with Crippen molar-refractivity contribution < 1.29 is 13.6 Å². The lowest BCUT2D eigenvalue weighted by Gasteiger charge is -2.11. The van der Waals surface area contributed by atoms with Crippen LogP contribution >= 0.6 is 0 Å². The van der Waals surface area contributed by atoms with E-state index >= 15 is 0 Å². The summed E-state index contributed by atoms with van der Waals surface area (Å²) in [5.74, 6) is 0.950. The van der Waals surface area contributed by atoms with Crippen LogP contribution in [0.25, 0.3) is 11.0 Å². The molecule has 5 heteroatoms. The topological polar surface area (TPSA) is 72.5 Å². The molecule has 112 valence electrons. The monoisotopic (exact) mass is 297 g/mol. The molecule has 1 aromatic carbocycles. The first-order valence-electron chi connectivity index (χ1n) is 6.94. The summed E-state index contributed by atoms with van der Waals surface area (Å²) < 4.78 is 11.0. The highest BCUT2D eigenvalue weighted by Crippen LogP contribution is 2.17. The molecule has 0 aliphatic heterocycles.